The first-order valence-electron chi connectivity index (χ1n) is 9.11. The first-order valence-corrected chi connectivity index (χ1v) is 9.11. The lowest BCUT2D eigenvalue weighted by Crippen LogP contribution is -2.37. The van der Waals surface area contributed by atoms with Crippen molar-refractivity contribution in [2.75, 3.05) is 19.6 Å². The van der Waals surface area contributed by atoms with Crippen LogP contribution in [0.25, 0.3) is 0 Å². The summed E-state index contributed by atoms with van der Waals surface area (Å²) in [6.45, 7) is 10.5. The molecule has 0 aromatic heterocycles. The van der Waals surface area contributed by atoms with Gasteiger partial charge in [-0.15, -0.1) is 0 Å². The lowest BCUT2D eigenvalue weighted by atomic mass is 9.87. The van der Waals surface area contributed by atoms with E-state index in [2.05, 4.69) is 11.8 Å². The Labute approximate surface area is 122 Å². The summed E-state index contributed by atoms with van der Waals surface area (Å²) in [4.78, 5) is 2.76. The molecule has 1 nitrogen and oxygen atoms in total. The maximum absolute atomic E-state index is 2.76. The highest BCUT2D eigenvalue weighted by molar-refractivity contribution is 4.76. The molecule has 2 fully saturated rings. The summed E-state index contributed by atoms with van der Waals surface area (Å²) >= 11 is 0. The molecule has 0 aromatic carbocycles. The smallest absolute Gasteiger partial charge is 0.000966 e. The Morgan fingerprint density at radius 2 is 1.47 bits per heavy atom. The number of unbranched alkanes of at least 4 members (excludes halogenated alkanes) is 1. The third kappa shape index (κ3) is 6.79. The van der Waals surface area contributed by atoms with Crippen molar-refractivity contribution in [1.29, 1.82) is 0 Å². The van der Waals surface area contributed by atoms with Gasteiger partial charge in [0.05, 0.1) is 0 Å². The zero-order chi connectivity index (χ0) is 13.9. The summed E-state index contributed by atoms with van der Waals surface area (Å²) < 4.78 is 0. The number of piperidine rings is 1. The van der Waals surface area contributed by atoms with Crippen molar-refractivity contribution in [1.82, 2.24) is 4.90 Å². The Balaban J connectivity index is 0.000000861. The third-order valence-corrected chi connectivity index (χ3v) is 4.91. The molecule has 0 atom stereocenters. The van der Waals surface area contributed by atoms with Gasteiger partial charge in [-0.1, -0.05) is 59.3 Å². The normalized spacial score (nSPS) is 22.9. The van der Waals surface area contributed by atoms with Gasteiger partial charge >= 0.3 is 0 Å². The molecule has 1 aliphatic heterocycles. The van der Waals surface area contributed by atoms with Crippen LogP contribution in [-0.2, 0) is 0 Å². The van der Waals surface area contributed by atoms with Crippen molar-refractivity contribution in [3.63, 3.8) is 0 Å². The molecule has 114 valence electrons. The molecule has 1 saturated carbocycles. The average molecular weight is 268 g/mol. The zero-order valence-corrected chi connectivity index (χ0v) is 13.8. The highest BCUT2D eigenvalue weighted by atomic mass is 15.1. The molecule has 1 heterocycles. The molecule has 1 aliphatic carbocycles. The van der Waals surface area contributed by atoms with Crippen LogP contribution in [0.5, 0.6) is 0 Å². The van der Waals surface area contributed by atoms with Crippen LogP contribution in [0.2, 0.25) is 0 Å². The second kappa shape index (κ2) is 10.7. The highest BCUT2D eigenvalue weighted by Crippen LogP contribution is 2.27. The molecule has 2 rings (SSSR count). The lowest BCUT2D eigenvalue weighted by molar-refractivity contribution is 0.141. The van der Waals surface area contributed by atoms with Crippen LogP contribution < -0.4 is 0 Å². The second-order valence-corrected chi connectivity index (χ2v) is 6.39. The SMILES string of the molecule is CC.CCCCC1CCN(CC2CCCCC2)CC1. The minimum absolute atomic E-state index is 1.04. The van der Waals surface area contributed by atoms with E-state index in [0.717, 1.165) is 11.8 Å². The molecule has 0 aromatic rings. The largest absolute Gasteiger partial charge is 0.303 e. The fraction of sp³-hybridized carbons (Fsp3) is 1.00. The quantitative estimate of drug-likeness (QED) is 0.636. The number of rotatable bonds is 5. The van der Waals surface area contributed by atoms with E-state index in [1.165, 1.54) is 83.8 Å². The summed E-state index contributed by atoms with van der Waals surface area (Å²) in [7, 11) is 0. The van der Waals surface area contributed by atoms with E-state index >= 15 is 0 Å². The first-order chi connectivity index (χ1) is 9.38. The highest BCUT2D eigenvalue weighted by Gasteiger charge is 2.22. The van der Waals surface area contributed by atoms with E-state index in [1.54, 1.807) is 0 Å². The number of hydrogen-bond acceptors (Lipinski definition) is 1. The molecule has 2 aliphatic rings. The van der Waals surface area contributed by atoms with Gasteiger partial charge in [0, 0.05) is 6.54 Å². The third-order valence-electron chi connectivity index (χ3n) is 4.91. The molecule has 0 radical (unpaired) electrons. The van der Waals surface area contributed by atoms with E-state index < -0.39 is 0 Å². The van der Waals surface area contributed by atoms with Gasteiger partial charge in [-0.25, -0.2) is 0 Å². The van der Waals surface area contributed by atoms with E-state index in [1.807, 2.05) is 13.8 Å². The number of hydrogen-bond donors (Lipinski definition) is 0. The zero-order valence-electron chi connectivity index (χ0n) is 13.8. The Kier molecular flexibility index (Phi) is 9.59. The molecular weight excluding hydrogens is 230 g/mol. The topological polar surface area (TPSA) is 3.24 Å². The predicted molar refractivity (Wildman–Crippen MR) is 86.6 cm³/mol. The molecule has 0 bridgehead atoms. The van der Waals surface area contributed by atoms with E-state index in [9.17, 15) is 0 Å². The van der Waals surface area contributed by atoms with Crippen molar-refractivity contribution in [3.8, 4) is 0 Å². The van der Waals surface area contributed by atoms with Crippen LogP contribution in [0.1, 0.15) is 85.0 Å². The van der Waals surface area contributed by atoms with Crippen molar-refractivity contribution in [2.45, 2.75) is 85.0 Å². The van der Waals surface area contributed by atoms with Gasteiger partial charge in [-0.2, -0.15) is 0 Å². The Hall–Kier alpha value is -0.0400. The molecule has 0 unspecified atom stereocenters. The van der Waals surface area contributed by atoms with Gasteiger partial charge in [-0.05, 0) is 50.6 Å². The summed E-state index contributed by atoms with van der Waals surface area (Å²) in [5.41, 5.74) is 0. The van der Waals surface area contributed by atoms with Crippen molar-refractivity contribution < 1.29 is 0 Å². The average Bonchev–Trinajstić information content (AvgIpc) is 2.50. The van der Waals surface area contributed by atoms with Gasteiger partial charge in [0.15, 0.2) is 0 Å². The summed E-state index contributed by atoms with van der Waals surface area (Å²) in [6, 6.07) is 0. The van der Waals surface area contributed by atoms with E-state index in [4.69, 9.17) is 0 Å². The molecule has 0 N–H and O–H groups in total. The maximum atomic E-state index is 2.76. The van der Waals surface area contributed by atoms with Gasteiger partial charge in [0.25, 0.3) is 0 Å². The maximum Gasteiger partial charge on any atom is 0.000966 e. The Morgan fingerprint density at radius 1 is 0.842 bits per heavy atom. The number of nitrogens with zero attached hydrogens (tertiary/aromatic N) is 1. The van der Waals surface area contributed by atoms with Crippen molar-refractivity contribution in [2.24, 2.45) is 11.8 Å². The second-order valence-electron chi connectivity index (χ2n) is 6.39. The van der Waals surface area contributed by atoms with E-state index in [0.29, 0.717) is 0 Å². The number of likely N-dealkylation sites (tertiary alicyclic amines) is 1. The van der Waals surface area contributed by atoms with Crippen LogP contribution in [0.15, 0.2) is 0 Å². The fourth-order valence-electron chi connectivity index (χ4n) is 3.69. The van der Waals surface area contributed by atoms with Gasteiger partial charge in [-0.3, -0.25) is 0 Å². The molecule has 0 amide bonds. The lowest BCUT2D eigenvalue weighted by Gasteiger charge is -2.35. The van der Waals surface area contributed by atoms with Crippen LogP contribution in [0.3, 0.4) is 0 Å². The predicted octanol–water partition coefficient (Wildman–Crippen LogP) is 5.50. The molecule has 0 spiro atoms. The standard InChI is InChI=1S/C16H31N.C2H6/c1-2-3-7-15-10-12-17(13-11-15)14-16-8-5-4-6-9-16;1-2/h15-16H,2-14H2,1H3;1-2H3. The van der Waals surface area contributed by atoms with Crippen molar-refractivity contribution in [3.05, 3.63) is 0 Å². The van der Waals surface area contributed by atoms with Crippen molar-refractivity contribution >= 4 is 0 Å². The summed E-state index contributed by atoms with van der Waals surface area (Å²) in [5.74, 6) is 2.09. The van der Waals surface area contributed by atoms with Gasteiger partial charge in [0.2, 0.25) is 0 Å². The van der Waals surface area contributed by atoms with Crippen LogP contribution in [0.4, 0.5) is 0 Å². The molecular formula is C18H37N. The van der Waals surface area contributed by atoms with Crippen LogP contribution in [0, 0.1) is 11.8 Å². The molecule has 1 saturated heterocycles. The minimum atomic E-state index is 1.04. The Bertz CT molecular complexity index is 188. The fourth-order valence-corrected chi connectivity index (χ4v) is 3.69. The van der Waals surface area contributed by atoms with E-state index in [-0.39, 0.29) is 0 Å². The summed E-state index contributed by atoms with van der Waals surface area (Å²) in [6.07, 6.45) is 14.8. The first kappa shape index (κ1) is 17.0. The summed E-state index contributed by atoms with van der Waals surface area (Å²) in [5, 5.41) is 0. The molecule has 1 heteroatoms. The van der Waals surface area contributed by atoms with Crippen LogP contribution in [-0.4, -0.2) is 24.5 Å². The Morgan fingerprint density at radius 3 is 2.05 bits per heavy atom. The van der Waals surface area contributed by atoms with Crippen LogP contribution >= 0.6 is 0 Å². The minimum Gasteiger partial charge on any atom is -0.303 e. The molecule has 19 heavy (non-hydrogen) atoms. The monoisotopic (exact) mass is 267 g/mol. The van der Waals surface area contributed by atoms with Gasteiger partial charge in [0.1, 0.15) is 0 Å². The van der Waals surface area contributed by atoms with Gasteiger partial charge < -0.3 is 4.90 Å².